The molecule has 0 N–H and O–H groups in total. The summed E-state index contributed by atoms with van der Waals surface area (Å²) in [6.45, 7) is 8.46. The molecule has 0 fully saturated rings. The van der Waals surface area contributed by atoms with Gasteiger partial charge in [-0.2, -0.15) is 0 Å². The van der Waals surface area contributed by atoms with E-state index in [0.29, 0.717) is 6.54 Å². The van der Waals surface area contributed by atoms with Crippen LogP contribution in [0.3, 0.4) is 0 Å². The third-order valence-corrected chi connectivity index (χ3v) is 7.15. The van der Waals surface area contributed by atoms with Gasteiger partial charge in [-0.05, 0) is 60.7 Å². The molecule has 2 aromatic heterocycles. The van der Waals surface area contributed by atoms with Crippen LogP contribution in [0, 0.1) is 5.92 Å². The van der Waals surface area contributed by atoms with Crippen molar-refractivity contribution in [3.8, 4) is 22.3 Å². The van der Waals surface area contributed by atoms with E-state index in [1.807, 2.05) is 58.2 Å². The van der Waals surface area contributed by atoms with Crippen molar-refractivity contribution in [3.63, 3.8) is 0 Å². The number of anilines is 1. The average molecular weight is 438 g/mol. The quantitative estimate of drug-likeness (QED) is 0.591. The summed E-state index contributed by atoms with van der Waals surface area (Å²) in [5, 5.41) is 0. The lowest BCUT2D eigenvalue weighted by atomic mass is 10.0. The first-order chi connectivity index (χ1) is 14.7. The van der Waals surface area contributed by atoms with Crippen molar-refractivity contribution < 1.29 is 8.42 Å². The zero-order valence-electron chi connectivity index (χ0n) is 18.2. The summed E-state index contributed by atoms with van der Waals surface area (Å²) in [4.78, 5) is 16.5. The molecule has 1 aliphatic rings. The van der Waals surface area contributed by atoms with Crippen molar-refractivity contribution >= 4 is 15.7 Å². The molecule has 3 heterocycles. The van der Waals surface area contributed by atoms with Crippen LogP contribution < -0.4 is 9.86 Å². The van der Waals surface area contributed by atoms with Gasteiger partial charge in [0.25, 0.3) is 5.56 Å². The first-order valence-corrected chi connectivity index (χ1v) is 12.1. The Morgan fingerprint density at radius 3 is 2.29 bits per heavy atom. The third kappa shape index (κ3) is 4.14. The fraction of sp³-hybridized carbons (Fsp3) is 0.333. The van der Waals surface area contributed by atoms with Gasteiger partial charge in [-0.25, -0.2) is 8.42 Å². The van der Waals surface area contributed by atoms with Gasteiger partial charge >= 0.3 is 0 Å². The van der Waals surface area contributed by atoms with Gasteiger partial charge in [-0.15, -0.1) is 0 Å². The van der Waals surface area contributed by atoms with Crippen molar-refractivity contribution in [2.24, 2.45) is 5.92 Å². The molecule has 6 nitrogen and oxygen atoms in total. The fourth-order valence-electron chi connectivity index (χ4n) is 3.93. The summed E-state index contributed by atoms with van der Waals surface area (Å²) in [5.74, 6) is 0.269. The minimum atomic E-state index is -3.32. The largest absolute Gasteiger partial charge is 0.312 e. The molecule has 0 saturated carbocycles. The van der Waals surface area contributed by atoms with Crippen molar-refractivity contribution in [1.82, 2.24) is 9.55 Å². The van der Waals surface area contributed by atoms with E-state index in [0.717, 1.165) is 33.5 Å². The van der Waals surface area contributed by atoms with E-state index in [9.17, 15) is 13.2 Å². The van der Waals surface area contributed by atoms with Gasteiger partial charge in [0.15, 0.2) is 0 Å². The predicted molar refractivity (Wildman–Crippen MR) is 125 cm³/mol. The monoisotopic (exact) mass is 437 g/mol. The van der Waals surface area contributed by atoms with Gasteiger partial charge in [0, 0.05) is 48.4 Å². The van der Waals surface area contributed by atoms with Crippen LogP contribution in [0.1, 0.15) is 39.3 Å². The van der Waals surface area contributed by atoms with Crippen LogP contribution in [0.4, 0.5) is 5.69 Å². The Balaban J connectivity index is 1.72. The predicted octanol–water partition coefficient (Wildman–Crippen LogP) is 4.46. The van der Waals surface area contributed by atoms with Crippen LogP contribution >= 0.6 is 0 Å². The molecule has 0 unspecified atom stereocenters. The van der Waals surface area contributed by atoms with Crippen LogP contribution in [0.2, 0.25) is 0 Å². The number of nitrogens with zero attached hydrogens (tertiary/aromatic N) is 3. The van der Waals surface area contributed by atoms with E-state index >= 15 is 0 Å². The second-order valence-electron chi connectivity index (χ2n) is 8.74. The number of benzene rings is 1. The third-order valence-electron chi connectivity index (χ3n) is 5.45. The van der Waals surface area contributed by atoms with Crippen molar-refractivity contribution in [3.05, 3.63) is 70.9 Å². The van der Waals surface area contributed by atoms with Crippen LogP contribution in [0.25, 0.3) is 22.3 Å². The molecule has 0 bridgehead atoms. The number of aromatic nitrogens is 2. The maximum Gasteiger partial charge on any atom is 0.250 e. The number of rotatable bonds is 5. The maximum atomic E-state index is 12.6. The van der Waals surface area contributed by atoms with E-state index < -0.39 is 10.0 Å². The molecular weight excluding hydrogens is 410 g/mol. The molecule has 1 aromatic carbocycles. The van der Waals surface area contributed by atoms with Gasteiger partial charge in [-0.3, -0.25) is 14.1 Å². The van der Waals surface area contributed by atoms with E-state index in [1.165, 1.54) is 4.31 Å². The Morgan fingerprint density at radius 1 is 0.935 bits per heavy atom. The van der Waals surface area contributed by atoms with Crippen molar-refractivity contribution in [2.45, 2.75) is 39.5 Å². The lowest BCUT2D eigenvalue weighted by Gasteiger charge is -2.20. The highest BCUT2D eigenvalue weighted by Gasteiger charge is 2.33. The normalized spacial score (nSPS) is 15.0. The highest BCUT2D eigenvalue weighted by atomic mass is 32.2. The fourth-order valence-corrected chi connectivity index (χ4v) is 5.71. The molecule has 7 heteroatoms. The summed E-state index contributed by atoms with van der Waals surface area (Å²) in [7, 11) is -3.32. The van der Waals surface area contributed by atoms with Gasteiger partial charge in [-0.1, -0.05) is 19.9 Å². The summed E-state index contributed by atoms with van der Waals surface area (Å²) in [5.41, 5.74) is 5.20. The van der Waals surface area contributed by atoms with Crippen LogP contribution in [-0.2, 0) is 15.8 Å². The molecule has 3 aromatic rings. The SMILES string of the molecule is CC(C)CN1c2ccc(-c3cncc(-c4ccc(=O)n(C(C)C)c4)c3)cc2CS1(=O)=O. The van der Waals surface area contributed by atoms with Crippen molar-refractivity contribution in [2.75, 3.05) is 10.8 Å². The van der Waals surface area contributed by atoms with E-state index in [-0.39, 0.29) is 23.3 Å². The number of hydrogen-bond donors (Lipinski definition) is 0. The van der Waals surface area contributed by atoms with Gasteiger partial charge in [0.05, 0.1) is 11.4 Å². The lowest BCUT2D eigenvalue weighted by molar-refractivity contribution is 0.579. The summed E-state index contributed by atoms with van der Waals surface area (Å²) >= 11 is 0. The van der Waals surface area contributed by atoms with E-state index in [4.69, 9.17) is 0 Å². The molecule has 0 amide bonds. The topological polar surface area (TPSA) is 72.3 Å². The van der Waals surface area contributed by atoms with Gasteiger partial charge < -0.3 is 4.57 Å². The Hall–Kier alpha value is -2.93. The van der Waals surface area contributed by atoms with Crippen LogP contribution in [0.15, 0.2) is 59.8 Å². The molecule has 1 aliphatic heterocycles. The zero-order chi connectivity index (χ0) is 22.3. The molecule has 31 heavy (non-hydrogen) atoms. The number of fused-ring (bicyclic) bond motifs is 1. The van der Waals surface area contributed by atoms with E-state index in [2.05, 4.69) is 4.98 Å². The van der Waals surface area contributed by atoms with E-state index in [1.54, 1.807) is 29.1 Å². The minimum absolute atomic E-state index is 0.0232. The lowest BCUT2D eigenvalue weighted by Crippen LogP contribution is -2.30. The smallest absolute Gasteiger partial charge is 0.250 e. The Kier molecular flexibility index (Phi) is 5.47. The van der Waals surface area contributed by atoms with Gasteiger partial charge in [0.1, 0.15) is 0 Å². The highest BCUT2D eigenvalue weighted by Crippen LogP contribution is 2.37. The number of pyridine rings is 2. The standard InChI is InChI=1S/C24H27N3O3S/c1-16(2)13-27-23-7-5-18(9-22(23)15-31(27,29)30)20-10-21(12-25-11-20)19-6-8-24(28)26(14-19)17(3)4/h5-12,14,16-17H,13,15H2,1-4H3. The number of sulfonamides is 1. The zero-order valence-corrected chi connectivity index (χ0v) is 19.1. The molecule has 0 spiro atoms. The Morgan fingerprint density at radius 2 is 1.61 bits per heavy atom. The average Bonchev–Trinajstić information content (AvgIpc) is 2.96. The summed E-state index contributed by atoms with van der Waals surface area (Å²) < 4.78 is 28.5. The second-order valence-corrected chi connectivity index (χ2v) is 10.6. The summed E-state index contributed by atoms with van der Waals surface area (Å²) in [6.07, 6.45) is 5.40. The van der Waals surface area contributed by atoms with Crippen LogP contribution in [0.5, 0.6) is 0 Å². The summed E-state index contributed by atoms with van der Waals surface area (Å²) in [6, 6.07) is 11.3. The number of hydrogen-bond acceptors (Lipinski definition) is 4. The van der Waals surface area contributed by atoms with Gasteiger partial charge in [0.2, 0.25) is 10.0 Å². The molecule has 162 valence electrons. The van der Waals surface area contributed by atoms with Crippen molar-refractivity contribution in [1.29, 1.82) is 0 Å². The minimum Gasteiger partial charge on any atom is -0.312 e. The molecule has 0 atom stereocenters. The Bertz CT molecular complexity index is 1290. The highest BCUT2D eigenvalue weighted by molar-refractivity contribution is 7.92. The first-order valence-electron chi connectivity index (χ1n) is 10.5. The molecule has 0 radical (unpaired) electrons. The Labute approximate surface area is 183 Å². The maximum absolute atomic E-state index is 12.6. The first kappa shape index (κ1) is 21.3. The molecule has 0 aliphatic carbocycles. The molecule has 4 rings (SSSR count). The molecular formula is C24H27N3O3S. The molecule has 0 saturated heterocycles. The van der Waals surface area contributed by atoms with Crippen LogP contribution in [-0.4, -0.2) is 24.5 Å². The second kappa shape index (κ2) is 7.96.